The molecule has 0 saturated carbocycles. The van der Waals surface area contributed by atoms with E-state index in [-0.39, 0.29) is 5.91 Å². The number of rotatable bonds is 2. The summed E-state index contributed by atoms with van der Waals surface area (Å²) in [6.45, 7) is 3.19. The van der Waals surface area contributed by atoms with E-state index in [0.717, 1.165) is 18.5 Å². The van der Waals surface area contributed by atoms with Gasteiger partial charge in [-0.3, -0.25) is 4.79 Å². The normalized spacial score (nSPS) is 9.00. The molecule has 0 radical (unpaired) electrons. The van der Waals surface area contributed by atoms with E-state index in [2.05, 4.69) is 11.9 Å². The molecule has 0 aliphatic heterocycles. The van der Waals surface area contributed by atoms with Crippen LogP contribution >= 0.6 is 0 Å². The van der Waals surface area contributed by atoms with Gasteiger partial charge in [-0.05, 0) is 6.08 Å². The molecule has 2 N–H and O–H groups in total. The molecule has 0 aromatic carbocycles. The average molecular weight is 113 g/mol. The number of hydrogen-bond acceptors (Lipinski definition) is 2. The van der Waals surface area contributed by atoms with Crippen LogP contribution in [0.25, 0.3) is 0 Å². The summed E-state index contributed by atoms with van der Waals surface area (Å²) in [6, 6.07) is 0. The fraction of sp³-hybridized carbons (Fsp3) is 0. The molecule has 0 aliphatic rings. The lowest BCUT2D eigenvalue weighted by atomic mass is 10.6. The summed E-state index contributed by atoms with van der Waals surface area (Å²) < 4.78 is 0. The molecule has 0 bridgehead atoms. The molecule has 0 aromatic heterocycles. The highest BCUT2D eigenvalue weighted by Gasteiger charge is 1.83. The van der Waals surface area contributed by atoms with Crippen molar-refractivity contribution in [3.63, 3.8) is 0 Å². The van der Waals surface area contributed by atoms with Gasteiger partial charge in [-0.1, -0.05) is 6.58 Å². The first-order chi connectivity index (χ1) is 3.81. The molecule has 3 heteroatoms. The summed E-state index contributed by atoms with van der Waals surface area (Å²) in [7, 11) is 0. The number of carbonyl (C=O) groups excluding carboxylic acids is 1. The maximum atomic E-state index is 10.2. The number of hydrogen-bond donors (Lipinski definition) is 2. The zero-order valence-electron chi connectivity index (χ0n) is 4.29. The minimum absolute atomic E-state index is 0.338. The van der Waals surface area contributed by atoms with Crippen LogP contribution in [-0.2, 0) is 4.79 Å². The van der Waals surface area contributed by atoms with Gasteiger partial charge in [0.05, 0.1) is 6.26 Å². The van der Waals surface area contributed by atoms with Crippen LogP contribution in [-0.4, -0.2) is 11.0 Å². The van der Waals surface area contributed by atoms with Crippen molar-refractivity contribution in [1.29, 1.82) is 0 Å². The molecule has 8 heavy (non-hydrogen) atoms. The highest BCUT2D eigenvalue weighted by atomic mass is 16.2. The van der Waals surface area contributed by atoms with E-state index in [1.54, 1.807) is 0 Å². The summed E-state index contributed by atoms with van der Waals surface area (Å²) in [5.41, 5.74) is 0. The molecule has 0 heterocycles. The topological polar surface area (TPSA) is 49.3 Å². The Morgan fingerprint density at radius 2 is 2.38 bits per heavy atom. The van der Waals surface area contributed by atoms with Crippen molar-refractivity contribution in [2.75, 3.05) is 0 Å². The van der Waals surface area contributed by atoms with Gasteiger partial charge in [-0.15, -0.1) is 0 Å². The maximum absolute atomic E-state index is 10.2. The second-order valence-electron chi connectivity index (χ2n) is 1.03. The van der Waals surface area contributed by atoms with Crippen LogP contribution in [0.4, 0.5) is 0 Å². The van der Waals surface area contributed by atoms with Crippen molar-refractivity contribution >= 4 is 5.91 Å². The first kappa shape index (κ1) is 6.75. The zero-order chi connectivity index (χ0) is 6.41. The predicted octanol–water partition coefficient (Wildman–Crippen LogP) is 0.318. The molecule has 44 valence electrons. The molecule has 0 fully saturated rings. The lowest BCUT2D eigenvalue weighted by Crippen LogP contribution is -2.12. The Balaban J connectivity index is 3.39. The van der Waals surface area contributed by atoms with Gasteiger partial charge in [-0.2, -0.15) is 0 Å². The molecule has 0 unspecified atom stereocenters. The highest BCUT2D eigenvalue weighted by molar-refractivity contribution is 5.87. The summed E-state index contributed by atoms with van der Waals surface area (Å²) >= 11 is 0. The summed E-state index contributed by atoms with van der Waals surface area (Å²) in [5.74, 6) is -0.338. The van der Waals surface area contributed by atoms with Gasteiger partial charge in [0.25, 0.3) is 0 Å². The SMILES string of the molecule is C=CC(=O)NC=CO. The molecule has 0 spiro atoms. The van der Waals surface area contributed by atoms with Crippen LogP contribution in [0.15, 0.2) is 25.1 Å². The number of amides is 1. The van der Waals surface area contributed by atoms with Crippen LogP contribution in [0.1, 0.15) is 0 Å². The summed E-state index contributed by atoms with van der Waals surface area (Å²) in [4.78, 5) is 10.2. The van der Waals surface area contributed by atoms with Crippen LogP contribution in [0.2, 0.25) is 0 Å². The monoisotopic (exact) mass is 113 g/mol. The van der Waals surface area contributed by atoms with Gasteiger partial charge >= 0.3 is 0 Å². The third-order valence-electron chi connectivity index (χ3n) is 0.486. The maximum Gasteiger partial charge on any atom is 0.247 e. The molecule has 0 rings (SSSR count). The largest absolute Gasteiger partial charge is 0.514 e. The van der Waals surface area contributed by atoms with Crippen LogP contribution in [0, 0.1) is 0 Å². The van der Waals surface area contributed by atoms with Crippen molar-refractivity contribution in [2.45, 2.75) is 0 Å². The number of carbonyl (C=O) groups is 1. The van der Waals surface area contributed by atoms with E-state index in [1.807, 2.05) is 0 Å². The van der Waals surface area contributed by atoms with E-state index < -0.39 is 0 Å². The lowest BCUT2D eigenvalue weighted by molar-refractivity contribution is -0.115. The quantitative estimate of drug-likeness (QED) is 0.400. The first-order valence-electron chi connectivity index (χ1n) is 2.03. The molecular weight excluding hydrogens is 106 g/mol. The van der Waals surface area contributed by atoms with Gasteiger partial charge in [0.15, 0.2) is 0 Å². The van der Waals surface area contributed by atoms with Gasteiger partial charge in [0.1, 0.15) is 0 Å². The molecule has 0 atom stereocenters. The summed E-state index contributed by atoms with van der Waals surface area (Å²) in [6.07, 6.45) is 2.96. The van der Waals surface area contributed by atoms with E-state index in [9.17, 15) is 4.79 Å². The van der Waals surface area contributed by atoms with Crippen LogP contribution in [0.3, 0.4) is 0 Å². The standard InChI is InChI=1S/C5H7NO2/c1-2-5(8)6-3-4-7/h2-4,7H,1H2,(H,6,8). The van der Waals surface area contributed by atoms with Crippen molar-refractivity contribution in [1.82, 2.24) is 5.32 Å². The Morgan fingerprint density at radius 3 is 2.75 bits per heavy atom. The van der Waals surface area contributed by atoms with Gasteiger partial charge in [0.2, 0.25) is 5.91 Å². The third kappa shape index (κ3) is 2.96. The Kier molecular flexibility index (Phi) is 3.31. The molecule has 3 nitrogen and oxygen atoms in total. The Bertz CT molecular complexity index is 118. The van der Waals surface area contributed by atoms with Crippen LogP contribution in [0.5, 0.6) is 0 Å². The van der Waals surface area contributed by atoms with E-state index in [1.165, 1.54) is 0 Å². The fourth-order valence-electron chi connectivity index (χ4n) is 0.178. The molecule has 0 aromatic rings. The molecule has 0 aliphatic carbocycles. The van der Waals surface area contributed by atoms with E-state index >= 15 is 0 Å². The van der Waals surface area contributed by atoms with E-state index in [4.69, 9.17) is 5.11 Å². The number of aliphatic hydroxyl groups is 1. The number of aliphatic hydroxyl groups excluding tert-OH is 1. The second kappa shape index (κ2) is 3.92. The molecule has 1 amide bonds. The predicted molar refractivity (Wildman–Crippen MR) is 30.1 cm³/mol. The minimum atomic E-state index is -0.338. The number of nitrogens with one attached hydrogen (secondary N) is 1. The van der Waals surface area contributed by atoms with Gasteiger partial charge in [0, 0.05) is 6.20 Å². The van der Waals surface area contributed by atoms with Crippen LogP contribution < -0.4 is 5.32 Å². The highest BCUT2D eigenvalue weighted by Crippen LogP contribution is 1.64. The summed E-state index contributed by atoms with van der Waals surface area (Å²) in [5, 5.41) is 10.2. The van der Waals surface area contributed by atoms with Gasteiger partial charge < -0.3 is 10.4 Å². The molecule has 0 saturated heterocycles. The van der Waals surface area contributed by atoms with E-state index in [0.29, 0.717) is 0 Å². The molecular formula is C5H7NO2. The lowest BCUT2D eigenvalue weighted by Gasteiger charge is -1.86. The Hall–Kier alpha value is -1.25. The van der Waals surface area contributed by atoms with Gasteiger partial charge in [-0.25, -0.2) is 0 Å². The van der Waals surface area contributed by atoms with Crippen molar-refractivity contribution in [2.24, 2.45) is 0 Å². The van der Waals surface area contributed by atoms with Crippen molar-refractivity contribution in [3.05, 3.63) is 25.1 Å². The third-order valence-corrected chi connectivity index (χ3v) is 0.486. The zero-order valence-corrected chi connectivity index (χ0v) is 4.29. The van der Waals surface area contributed by atoms with Crippen molar-refractivity contribution < 1.29 is 9.90 Å². The Morgan fingerprint density at radius 1 is 1.75 bits per heavy atom. The van der Waals surface area contributed by atoms with Crippen molar-refractivity contribution in [3.8, 4) is 0 Å². The average Bonchev–Trinajstić information content (AvgIpc) is 1.83. The smallest absolute Gasteiger partial charge is 0.247 e. The fourth-order valence-corrected chi connectivity index (χ4v) is 0.178. The minimum Gasteiger partial charge on any atom is -0.514 e. The second-order valence-corrected chi connectivity index (χ2v) is 1.03. The Labute approximate surface area is 47.3 Å². The first-order valence-corrected chi connectivity index (χ1v) is 2.03.